The molecule has 3 rings (SSSR count). The molecule has 0 amide bonds. The van der Waals surface area contributed by atoms with Crippen LogP contribution in [-0.4, -0.2) is 39.2 Å². The van der Waals surface area contributed by atoms with Crippen molar-refractivity contribution < 1.29 is 5.11 Å². The number of nitrogens with one attached hydrogen (secondary N) is 1. The lowest BCUT2D eigenvalue weighted by Gasteiger charge is -2.23. The van der Waals surface area contributed by atoms with Crippen LogP contribution in [0.5, 0.6) is 0 Å². The highest BCUT2D eigenvalue weighted by Crippen LogP contribution is 2.25. The monoisotopic (exact) mass is 383 g/mol. The molecule has 5 nitrogen and oxygen atoms in total. The number of rotatable bonds is 8. The second-order valence-electron chi connectivity index (χ2n) is 6.80. The highest BCUT2D eigenvalue weighted by atomic mass is 32.1. The van der Waals surface area contributed by atoms with Gasteiger partial charge in [-0.1, -0.05) is 36.4 Å². The number of hydrogen-bond acceptors (Lipinski definition) is 5. The SMILES string of the molecule is C=CCN(Cc1nc2sc(C)c(C)c2c(=O)[nH]1)CC(O)Cc1ccccc1. The Hall–Kier alpha value is -2.28. The lowest BCUT2D eigenvalue weighted by molar-refractivity contribution is 0.114. The first-order chi connectivity index (χ1) is 13.0. The minimum absolute atomic E-state index is 0.0970. The van der Waals surface area contributed by atoms with Gasteiger partial charge in [-0.25, -0.2) is 4.98 Å². The molecule has 2 heterocycles. The van der Waals surface area contributed by atoms with E-state index in [1.807, 2.05) is 49.1 Å². The van der Waals surface area contributed by atoms with Gasteiger partial charge >= 0.3 is 0 Å². The summed E-state index contributed by atoms with van der Waals surface area (Å²) in [5, 5.41) is 11.2. The predicted molar refractivity (Wildman–Crippen MR) is 111 cm³/mol. The Labute approximate surface area is 163 Å². The number of aromatic amines is 1. The topological polar surface area (TPSA) is 69.2 Å². The Kier molecular flexibility index (Phi) is 6.21. The Morgan fingerprint density at radius 3 is 2.78 bits per heavy atom. The second kappa shape index (κ2) is 8.61. The summed E-state index contributed by atoms with van der Waals surface area (Å²) in [6, 6.07) is 9.92. The van der Waals surface area contributed by atoms with Crippen molar-refractivity contribution >= 4 is 21.6 Å². The van der Waals surface area contributed by atoms with Gasteiger partial charge < -0.3 is 10.1 Å². The quantitative estimate of drug-likeness (QED) is 0.586. The molecule has 1 aromatic carbocycles. The van der Waals surface area contributed by atoms with E-state index in [2.05, 4.69) is 16.5 Å². The largest absolute Gasteiger partial charge is 0.391 e. The first-order valence-electron chi connectivity index (χ1n) is 9.02. The van der Waals surface area contributed by atoms with Crippen LogP contribution in [0.1, 0.15) is 21.8 Å². The molecule has 0 saturated carbocycles. The van der Waals surface area contributed by atoms with Crippen LogP contribution in [0.2, 0.25) is 0 Å². The zero-order valence-corrected chi connectivity index (χ0v) is 16.6. The predicted octanol–water partition coefficient (Wildman–Crippen LogP) is 3.19. The molecule has 0 radical (unpaired) electrons. The zero-order valence-electron chi connectivity index (χ0n) is 15.7. The number of nitrogens with zero attached hydrogens (tertiary/aromatic N) is 2. The molecule has 0 saturated heterocycles. The maximum absolute atomic E-state index is 12.5. The molecule has 0 aliphatic rings. The summed E-state index contributed by atoms with van der Waals surface area (Å²) < 4.78 is 0. The maximum Gasteiger partial charge on any atom is 0.259 e. The summed E-state index contributed by atoms with van der Waals surface area (Å²) in [5.74, 6) is 0.613. The molecule has 1 unspecified atom stereocenters. The molecule has 0 aliphatic heterocycles. The third-order valence-electron chi connectivity index (χ3n) is 4.63. The van der Waals surface area contributed by atoms with Gasteiger partial charge in [0.15, 0.2) is 0 Å². The normalized spacial score (nSPS) is 12.6. The molecule has 142 valence electrons. The first kappa shape index (κ1) is 19.5. The van der Waals surface area contributed by atoms with E-state index in [1.165, 1.54) is 0 Å². The smallest absolute Gasteiger partial charge is 0.259 e. The third kappa shape index (κ3) is 4.71. The van der Waals surface area contributed by atoms with Gasteiger partial charge in [0.05, 0.1) is 18.0 Å². The number of fused-ring (bicyclic) bond motifs is 1. The average molecular weight is 384 g/mol. The van der Waals surface area contributed by atoms with E-state index >= 15 is 0 Å². The van der Waals surface area contributed by atoms with Crippen LogP contribution >= 0.6 is 11.3 Å². The summed E-state index contributed by atoms with van der Waals surface area (Å²) in [4.78, 5) is 23.9. The number of aliphatic hydroxyl groups excluding tert-OH is 1. The molecule has 2 N–H and O–H groups in total. The van der Waals surface area contributed by atoms with Crippen LogP contribution in [0.3, 0.4) is 0 Å². The van der Waals surface area contributed by atoms with Crippen molar-refractivity contribution in [2.45, 2.75) is 32.9 Å². The van der Waals surface area contributed by atoms with Crippen LogP contribution in [0.15, 0.2) is 47.8 Å². The Balaban J connectivity index is 1.75. The lowest BCUT2D eigenvalue weighted by atomic mass is 10.1. The average Bonchev–Trinajstić information content (AvgIpc) is 2.90. The van der Waals surface area contributed by atoms with Gasteiger partial charge in [0.25, 0.3) is 5.56 Å². The number of thiophene rings is 1. The van der Waals surface area contributed by atoms with Crippen molar-refractivity contribution in [1.29, 1.82) is 0 Å². The fraction of sp³-hybridized carbons (Fsp3) is 0.333. The molecule has 6 heteroatoms. The highest BCUT2D eigenvalue weighted by Gasteiger charge is 2.16. The highest BCUT2D eigenvalue weighted by molar-refractivity contribution is 7.18. The third-order valence-corrected chi connectivity index (χ3v) is 5.73. The van der Waals surface area contributed by atoms with Gasteiger partial charge in [-0.3, -0.25) is 9.69 Å². The number of aryl methyl sites for hydroxylation is 2. The van der Waals surface area contributed by atoms with Crippen LogP contribution in [0.4, 0.5) is 0 Å². The minimum atomic E-state index is -0.506. The van der Waals surface area contributed by atoms with Crippen molar-refractivity contribution in [3.05, 3.63) is 75.2 Å². The van der Waals surface area contributed by atoms with Crippen LogP contribution in [-0.2, 0) is 13.0 Å². The van der Waals surface area contributed by atoms with Gasteiger partial charge in [-0.15, -0.1) is 17.9 Å². The summed E-state index contributed by atoms with van der Waals surface area (Å²) in [5.41, 5.74) is 2.00. The number of hydrogen-bond donors (Lipinski definition) is 2. The van der Waals surface area contributed by atoms with E-state index < -0.39 is 6.10 Å². The number of aromatic nitrogens is 2. The van der Waals surface area contributed by atoms with Crippen LogP contribution < -0.4 is 5.56 Å². The minimum Gasteiger partial charge on any atom is -0.391 e. The molecule has 3 aromatic rings. The second-order valence-corrected chi connectivity index (χ2v) is 8.01. The van der Waals surface area contributed by atoms with Crippen molar-refractivity contribution in [3.63, 3.8) is 0 Å². The van der Waals surface area contributed by atoms with Gasteiger partial charge in [-0.2, -0.15) is 0 Å². The van der Waals surface area contributed by atoms with E-state index in [-0.39, 0.29) is 5.56 Å². The fourth-order valence-corrected chi connectivity index (χ4v) is 4.27. The summed E-state index contributed by atoms with van der Waals surface area (Å²) in [6.45, 7) is 9.30. The summed E-state index contributed by atoms with van der Waals surface area (Å²) in [6.07, 6.45) is 1.88. The van der Waals surface area contributed by atoms with E-state index in [9.17, 15) is 9.90 Å². The molecular weight excluding hydrogens is 358 g/mol. The summed E-state index contributed by atoms with van der Waals surface area (Å²) in [7, 11) is 0. The van der Waals surface area contributed by atoms with Crippen molar-refractivity contribution in [3.8, 4) is 0 Å². The number of aliphatic hydroxyl groups is 1. The maximum atomic E-state index is 12.5. The van der Waals surface area contributed by atoms with E-state index in [0.717, 1.165) is 20.8 Å². The Bertz CT molecular complexity index is 978. The van der Waals surface area contributed by atoms with E-state index in [4.69, 9.17) is 0 Å². The Morgan fingerprint density at radius 2 is 2.07 bits per heavy atom. The van der Waals surface area contributed by atoms with Crippen LogP contribution in [0.25, 0.3) is 10.2 Å². The fourth-order valence-electron chi connectivity index (χ4n) is 3.22. The molecule has 0 spiro atoms. The van der Waals surface area contributed by atoms with Crippen molar-refractivity contribution in [1.82, 2.24) is 14.9 Å². The van der Waals surface area contributed by atoms with Crippen LogP contribution in [0, 0.1) is 13.8 Å². The van der Waals surface area contributed by atoms with Gasteiger partial charge in [-0.05, 0) is 31.4 Å². The number of benzene rings is 1. The Morgan fingerprint density at radius 1 is 1.33 bits per heavy atom. The molecule has 0 bridgehead atoms. The first-order valence-corrected chi connectivity index (χ1v) is 9.83. The lowest BCUT2D eigenvalue weighted by Crippen LogP contribution is -2.34. The molecule has 1 atom stereocenters. The van der Waals surface area contributed by atoms with E-state index in [1.54, 1.807) is 17.4 Å². The van der Waals surface area contributed by atoms with Crippen molar-refractivity contribution in [2.75, 3.05) is 13.1 Å². The molecule has 0 aliphatic carbocycles. The van der Waals surface area contributed by atoms with E-state index in [0.29, 0.717) is 37.3 Å². The zero-order chi connectivity index (χ0) is 19.4. The molecule has 2 aromatic heterocycles. The number of H-pyrrole nitrogens is 1. The van der Waals surface area contributed by atoms with Gasteiger partial charge in [0.2, 0.25) is 0 Å². The van der Waals surface area contributed by atoms with Crippen molar-refractivity contribution in [2.24, 2.45) is 0 Å². The standard InChI is InChI=1S/C21H25N3O2S/c1-4-10-24(12-17(25)11-16-8-6-5-7-9-16)13-18-22-20(26)19-14(2)15(3)27-21(19)23-18/h4-9,17,25H,1,10-13H2,2-3H3,(H,22,23,26). The van der Waals surface area contributed by atoms with Gasteiger partial charge in [0.1, 0.15) is 10.7 Å². The molecule has 0 fully saturated rings. The van der Waals surface area contributed by atoms with Gasteiger partial charge in [0, 0.05) is 18.0 Å². The molecule has 27 heavy (non-hydrogen) atoms. The molecular formula is C21H25N3O2S. The summed E-state index contributed by atoms with van der Waals surface area (Å²) >= 11 is 1.54.